The SMILES string of the molecule is CCCC1CC1N=C1NC(CC)CS1. The third kappa shape index (κ3) is 2.44. The van der Waals surface area contributed by atoms with E-state index in [-0.39, 0.29) is 0 Å². The second-order valence-corrected chi connectivity index (χ2v) is 5.36. The predicted octanol–water partition coefficient (Wildman–Crippen LogP) is 2.65. The Bertz CT molecular complexity index is 227. The molecule has 1 heterocycles. The topological polar surface area (TPSA) is 24.4 Å². The van der Waals surface area contributed by atoms with Crippen molar-refractivity contribution in [1.82, 2.24) is 5.32 Å². The number of aliphatic imine (C=N–C) groups is 1. The van der Waals surface area contributed by atoms with Gasteiger partial charge in [0.15, 0.2) is 5.17 Å². The average molecular weight is 212 g/mol. The van der Waals surface area contributed by atoms with Gasteiger partial charge in [0.05, 0.1) is 6.04 Å². The van der Waals surface area contributed by atoms with E-state index in [9.17, 15) is 0 Å². The van der Waals surface area contributed by atoms with Gasteiger partial charge in [0.1, 0.15) is 0 Å². The van der Waals surface area contributed by atoms with E-state index in [1.165, 1.54) is 36.6 Å². The summed E-state index contributed by atoms with van der Waals surface area (Å²) in [5.74, 6) is 2.11. The van der Waals surface area contributed by atoms with E-state index in [0.29, 0.717) is 12.1 Å². The zero-order valence-corrected chi connectivity index (χ0v) is 9.94. The summed E-state index contributed by atoms with van der Waals surface area (Å²) in [4.78, 5) is 4.75. The molecule has 14 heavy (non-hydrogen) atoms. The van der Waals surface area contributed by atoms with Gasteiger partial charge in [0, 0.05) is 11.8 Å². The Morgan fingerprint density at radius 3 is 3.00 bits per heavy atom. The van der Waals surface area contributed by atoms with Gasteiger partial charge < -0.3 is 5.32 Å². The van der Waals surface area contributed by atoms with E-state index < -0.39 is 0 Å². The molecule has 1 saturated carbocycles. The van der Waals surface area contributed by atoms with Gasteiger partial charge in [-0.15, -0.1) is 0 Å². The molecule has 0 radical (unpaired) electrons. The number of hydrogen-bond acceptors (Lipinski definition) is 2. The molecule has 2 aliphatic rings. The molecule has 3 atom stereocenters. The van der Waals surface area contributed by atoms with Crippen molar-refractivity contribution < 1.29 is 0 Å². The Morgan fingerprint density at radius 2 is 2.36 bits per heavy atom. The highest BCUT2D eigenvalue weighted by molar-refractivity contribution is 8.14. The maximum absolute atomic E-state index is 4.75. The Labute approximate surface area is 90.9 Å². The molecule has 0 bridgehead atoms. The van der Waals surface area contributed by atoms with Crippen LogP contribution < -0.4 is 5.32 Å². The van der Waals surface area contributed by atoms with Gasteiger partial charge in [-0.25, -0.2) is 0 Å². The number of thioether (sulfide) groups is 1. The monoisotopic (exact) mass is 212 g/mol. The van der Waals surface area contributed by atoms with Crippen molar-refractivity contribution in [3.05, 3.63) is 0 Å². The summed E-state index contributed by atoms with van der Waals surface area (Å²) < 4.78 is 0. The first-order chi connectivity index (χ1) is 6.83. The van der Waals surface area contributed by atoms with E-state index in [4.69, 9.17) is 4.99 Å². The van der Waals surface area contributed by atoms with Crippen molar-refractivity contribution in [3.63, 3.8) is 0 Å². The fourth-order valence-electron chi connectivity index (χ4n) is 1.95. The van der Waals surface area contributed by atoms with Crippen LogP contribution in [0.3, 0.4) is 0 Å². The van der Waals surface area contributed by atoms with Crippen LogP contribution in [-0.2, 0) is 0 Å². The molecule has 0 spiro atoms. The van der Waals surface area contributed by atoms with Crippen LogP contribution in [0.5, 0.6) is 0 Å². The highest BCUT2D eigenvalue weighted by Gasteiger charge is 2.36. The molecule has 0 aromatic rings. The molecule has 3 unspecified atom stereocenters. The summed E-state index contributed by atoms with van der Waals surface area (Å²) >= 11 is 1.90. The summed E-state index contributed by atoms with van der Waals surface area (Å²) in [6, 6.07) is 1.32. The van der Waals surface area contributed by atoms with Crippen LogP contribution >= 0.6 is 11.8 Å². The lowest BCUT2D eigenvalue weighted by Crippen LogP contribution is -2.26. The molecular weight excluding hydrogens is 192 g/mol. The summed E-state index contributed by atoms with van der Waals surface area (Å²) in [6.45, 7) is 4.50. The lowest BCUT2D eigenvalue weighted by molar-refractivity contribution is 0.660. The first-order valence-corrected chi connectivity index (χ1v) is 6.79. The summed E-state index contributed by atoms with van der Waals surface area (Å²) in [6.07, 6.45) is 5.22. The van der Waals surface area contributed by atoms with E-state index in [2.05, 4.69) is 19.2 Å². The van der Waals surface area contributed by atoms with E-state index in [1.807, 2.05) is 11.8 Å². The van der Waals surface area contributed by atoms with Crippen LogP contribution in [0.2, 0.25) is 0 Å². The molecule has 2 rings (SSSR count). The van der Waals surface area contributed by atoms with Crippen LogP contribution in [0.15, 0.2) is 4.99 Å². The molecule has 0 aromatic heterocycles. The van der Waals surface area contributed by atoms with Crippen molar-refractivity contribution in [1.29, 1.82) is 0 Å². The van der Waals surface area contributed by atoms with E-state index >= 15 is 0 Å². The van der Waals surface area contributed by atoms with Gasteiger partial charge in [0.2, 0.25) is 0 Å². The quantitative estimate of drug-likeness (QED) is 0.774. The molecule has 2 fully saturated rings. The van der Waals surface area contributed by atoms with Gasteiger partial charge in [-0.3, -0.25) is 4.99 Å². The molecule has 1 saturated heterocycles. The van der Waals surface area contributed by atoms with Gasteiger partial charge >= 0.3 is 0 Å². The summed E-state index contributed by atoms with van der Waals surface area (Å²) in [5.41, 5.74) is 0. The molecule has 1 N–H and O–H groups in total. The number of amidine groups is 1. The third-order valence-corrected chi connectivity index (χ3v) is 4.14. The van der Waals surface area contributed by atoms with Crippen molar-refractivity contribution >= 4 is 16.9 Å². The van der Waals surface area contributed by atoms with Crippen LogP contribution in [-0.4, -0.2) is 23.0 Å². The number of nitrogens with zero attached hydrogens (tertiary/aromatic N) is 1. The molecule has 1 aliphatic heterocycles. The van der Waals surface area contributed by atoms with E-state index in [0.717, 1.165) is 5.92 Å². The van der Waals surface area contributed by atoms with Gasteiger partial charge in [-0.05, 0) is 25.2 Å². The number of hydrogen-bond donors (Lipinski definition) is 1. The summed E-state index contributed by atoms with van der Waals surface area (Å²) in [5, 5.41) is 4.70. The predicted molar refractivity (Wildman–Crippen MR) is 63.9 cm³/mol. The first kappa shape index (κ1) is 10.3. The summed E-state index contributed by atoms with van der Waals surface area (Å²) in [7, 11) is 0. The fraction of sp³-hybridized carbons (Fsp3) is 0.909. The second-order valence-electron chi connectivity index (χ2n) is 4.35. The maximum atomic E-state index is 4.75. The fourth-order valence-corrected chi connectivity index (χ4v) is 3.09. The molecule has 2 nitrogen and oxygen atoms in total. The number of rotatable bonds is 4. The smallest absolute Gasteiger partial charge is 0.157 e. The van der Waals surface area contributed by atoms with Crippen LogP contribution in [0.25, 0.3) is 0 Å². The van der Waals surface area contributed by atoms with Crippen molar-refractivity contribution in [2.24, 2.45) is 10.9 Å². The Balaban J connectivity index is 1.77. The molecule has 0 amide bonds. The Hall–Kier alpha value is -0.180. The van der Waals surface area contributed by atoms with Gasteiger partial charge in [-0.2, -0.15) is 0 Å². The van der Waals surface area contributed by atoms with Crippen molar-refractivity contribution in [2.75, 3.05) is 5.75 Å². The van der Waals surface area contributed by atoms with Gasteiger partial charge in [-0.1, -0.05) is 32.0 Å². The average Bonchev–Trinajstić information content (AvgIpc) is 2.76. The minimum Gasteiger partial charge on any atom is -0.361 e. The first-order valence-electron chi connectivity index (χ1n) is 5.80. The van der Waals surface area contributed by atoms with Crippen LogP contribution in [0, 0.1) is 5.92 Å². The highest BCUT2D eigenvalue weighted by Crippen LogP contribution is 2.38. The van der Waals surface area contributed by atoms with Crippen LogP contribution in [0.1, 0.15) is 39.5 Å². The lowest BCUT2D eigenvalue weighted by atomic mass is 10.2. The van der Waals surface area contributed by atoms with Crippen molar-refractivity contribution in [2.45, 2.75) is 51.6 Å². The number of nitrogens with one attached hydrogen (secondary N) is 1. The van der Waals surface area contributed by atoms with Gasteiger partial charge in [0.25, 0.3) is 0 Å². The second kappa shape index (κ2) is 4.56. The minimum absolute atomic E-state index is 0.653. The lowest BCUT2D eigenvalue weighted by Gasteiger charge is -2.04. The molecule has 1 aliphatic carbocycles. The maximum Gasteiger partial charge on any atom is 0.157 e. The molecule has 3 heteroatoms. The largest absolute Gasteiger partial charge is 0.361 e. The molecular formula is C11H20N2S. The Kier molecular flexibility index (Phi) is 3.37. The minimum atomic E-state index is 0.653. The molecule has 0 aromatic carbocycles. The van der Waals surface area contributed by atoms with E-state index in [1.54, 1.807) is 0 Å². The standard InChI is InChI=1S/C11H20N2S/c1-3-5-8-6-10(8)13-11-12-9(4-2)7-14-11/h8-10H,3-7H2,1-2H3,(H,12,13). The van der Waals surface area contributed by atoms with Crippen molar-refractivity contribution in [3.8, 4) is 0 Å². The van der Waals surface area contributed by atoms with Crippen LogP contribution in [0.4, 0.5) is 0 Å². The normalized spacial score (nSPS) is 38.7. The third-order valence-electron chi connectivity index (χ3n) is 3.07. The zero-order valence-electron chi connectivity index (χ0n) is 9.12. The highest BCUT2D eigenvalue weighted by atomic mass is 32.2. The molecule has 80 valence electrons. The Morgan fingerprint density at radius 1 is 1.50 bits per heavy atom. The zero-order chi connectivity index (χ0) is 9.97.